The molecule has 2 aromatic heterocycles. The lowest BCUT2D eigenvalue weighted by Crippen LogP contribution is -2.17. The Kier molecular flexibility index (Phi) is 4.25. The maximum absolute atomic E-state index is 9.21. The maximum Gasteiger partial charge on any atom is 0.103 e. The normalized spacial score (nSPS) is 18.0. The van der Waals surface area contributed by atoms with Crippen LogP contribution in [0.15, 0.2) is 48.9 Å². The zero-order chi connectivity index (χ0) is 20.9. The molecule has 0 saturated heterocycles. The lowest BCUT2D eigenvalue weighted by atomic mass is 9.86. The van der Waals surface area contributed by atoms with Gasteiger partial charge in [-0.3, -0.25) is 4.68 Å². The molecule has 1 saturated carbocycles. The summed E-state index contributed by atoms with van der Waals surface area (Å²) < 4.78 is 3.96. The Morgan fingerprint density at radius 3 is 2.84 bits per heavy atom. The zero-order valence-electron chi connectivity index (χ0n) is 16.9. The molecule has 154 valence electrons. The number of hydrogen-bond acceptors (Lipinski definition) is 4. The van der Waals surface area contributed by atoms with Crippen LogP contribution in [-0.2, 0) is 6.42 Å². The summed E-state index contributed by atoms with van der Waals surface area (Å²) in [5.74, 6) is 0. The highest BCUT2D eigenvalue weighted by molar-refractivity contribution is 6.34. The number of halogens is 1. The predicted molar refractivity (Wildman–Crippen MR) is 121 cm³/mol. The van der Waals surface area contributed by atoms with Crippen molar-refractivity contribution >= 4 is 28.2 Å². The molecule has 0 amide bonds. The van der Waals surface area contributed by atoms with Gasteiger partial charge in [-0.2, -0.15) is 15.5 Å². The number of hydrogen-bond donors (Lipinski definition) is 1. The van der Waals surface area contributed by atoms with Crippen LogP contribution in [0, 0.1) is 11.3 Å². The van der Waals surface area contributed by atoms with Gasteiger partial charge in [0.25, 0.3) is 0 Å². The number of fused-ring (bicyclic) bond motifs is 2. The van der Waals surface area contributed by atoms with Crippen molar-refractivity contribution in [3.63, 3.8) is 0 Å². The Bertz CT molecular complexity index is 1340. The molecule has 1 atom stereocenters. The molecule has 0 radical (unpaired) electrons. The van der Waals surface area contributed by atoms with Gasteiger partial charge >= 0.3 is 0 Å². The number of benzene rings is 2. The van der Waals surface area contributed by atoms with Gasteiger partial charge in [-0.1, -0.05) is 17.7 Å². The van der Waals surface area contributed by atoms with E-state index in [0.29, 0.717) is 11.1 Å². The van der Waals surface area contributed by atoms with Crippen LogP contribution < -0.4 is 5.32 Å². The summed E-state index contributed by atoms with van der Waals surface area (Å²) in [4.78, 5) is 0. The van der Waals surface area contributed by atoms with E-state index >= 15 is 0 Å². The molecule has 1 unspecified atom stereocenters. The van der Waals surface area contributed by atoms with Crippen LogP contribution in [0.3, 0.4) is 0 Å². The Hall–Kier alpha value is -3.30. The number of anilines is 1. The van der Waals surface area contributed by atoms with Crippen LogP contribution in [0.4, 0.5) is 5.69 Å². The Labute approximate surface area is 185 Å². The molecule has 6 nitrogen and oxygen atoms in total. The highest BCUT2D eigenvalue weighted by Gasteiger charge is 2.25. The van der Waals surface area contributed by atoms with Gasteiger partial charge in [0, 0.05) is 5.39 Å². The SMILES string of the molecule is N#Cc1ccc2c(c1)CCCC2Nc1cc2c(cnn2-c2cnn(C3CC3)c2)cc1Cl. The van der Waals surface area contributed by atoms with Crippen LogP contribution >= 0.6 is 11.6 Å². The van der Waals surface area contributed by atoms with E-state index in [1.54, 1.807) is 0 Å². The molecule has 6 rings (SSSR count). The minimum Gasteiger partial charge on any atom is -0.377 e. The van der Waals surface area contributed by atoms with E-state index in [4.69, 9.17) is 11.6 Å². The van der Waals surface area contributed by atoms with Crippen LogP contribution in [-0.4, -0.2) is 19.6 Å². The standard InChI is InChI=1S/C24H21ClN6/c25-21-9-17-12-28-31(19-13-27-30(14-19)18-5-6-18)24(17)10-23(21)29-22-3-1-2-16-8-15(11-26)4-7-20(16)22/h4,7-10,12-14,18,22,29H,1-3,5-6H2. The smallest absolute Gasteiger partial charge is 0.103 e. The van der Waals surface area contributed by atoms with Crippen molar-refractivity contribution in [1.29, 1.82) is 5.26 Å². The largest absolute Gasteiger partial charge is 0.377 e. The summed E-state index contributed by atoms with van der Waals surface area (Å²) in [6, 6.07) is 13.0. The summed E-state index contributed by atoms with van der Waals surface area (Å²) >= 11 is 6.65. The van der Waals surface area contributed by atoms with Crippen LogP contribution in [0.2, 0.25) is 5.02 Å². The average molecular weight is 429 g/mol. The highest BCUT2D eigenvalue weighted by atomic mass is 35.5. The fourth-order valence-electron chi connectivity index (χ4n) is 4.56. The first-order chi connectivity index (χ1) is 15.2. The summed E-state index contributed by atoms with van der Waals surface area (Å²) in [5, 5.41) is 23.6. The van der Waals surface area contributed by atoms with E-state index in [0.717, 1.165) is 47.1 Å². The van der Waals surface area contributed by atoms with E-state index < -0.39 is 0 Å². The lowest BCUT2D eigenvalue weighted by molar-refractivity contribution is 0.600. The van der Waals surface area contributed by atoms with Gasteiger partial charge in [-0.05, 0) is 67.5 Å². The molecule has 0 bridgehead atoms. The molecule has 31 heavy (non-hydrogen) atoms. The number of rotatable bonds is 4. The van der Waals surface area contributed by atoms with Gasteiger partial charge in [-0.25, -0.2) is 4.68 Å². The first-order valence-corrected chi connectivity index (χ1v) is 11.1. The fourth-order valence-corrected chi connectivity index (χ4v) is 4.79. The molecule has 2 aromatic carbocycles. The first kappa shape index (κ1) is 18.5. The molecule has 0 spiro atoms. The van der Waals surface area contributed by atoms with E-state index in [2.05, 4.69) is 39.9 Å². The second kappa shape index (κ2) is 7.14. The molecule has 1 N–H and O–H groups in total. The quantitative estimate of drug-likeness (QED) is 0.461. The molecule has 4 aromatic rings. The van der Waals surface area contributed by atoms with Gasteiger partial charge in [0.05, 0.1) is 58.5 Å². The first-order valence-electron chi connectivity index (χ1n) is 10.7. The van der Waals surface area contributed by atoms with Crippen LogP contribution in [0.1, 0.15) is 54.5 Å². The molecule has 1 fully saturated rings. The van der Waals surface area contributed by atoms with Gasteiger partial charge in [0.1, 0.15) is 5.69 Å². The van der Waals surface area contributed by atoms with E-state index in [-0.39, 0.29) is 6.04 Å². The van der Waals surface area contributed by atoms with Crippen molar-refractivity contribution in [2.45, 2.75) is 44.2 Å². The lowest BCUT2D eigenvalue weighted by Gasteiger charge is -2.28. The molecular weight excluding hydrogens is 408 g/mol. The second-order valence-corrected chi connectivity index (χ2v) is 8.88. The van der Waals surface area contributed by atoms with Crippen molar-refractivity contribution in [2.24, 2.45) is 0 Å². The third-order valence-electron chi connectivity index (χ3n) is 6.33. The molecule has 2 aliphatic carbocycles. The summed E-state index contributed by atoms with van der Waals surface area (Å²) in [7, 11) is 0. The third-order valence-corrected chi connectivity index (χ3v) is 6.64. The molecule has 2 aliphatic rings. The predicted octanol–water partition coefficient (Wildman–Crippen LogP) is 5.57. The number of nitriles is 1. The van der Waals surface area contributed by atoms with Crippen molar-refractivity contribution in [3.8, 4) is 11.8 Å². The Morgan fingerprint density at radius 2 is 2.00 bits per heavy atom. The van der Waals surface area contributed by atoms with Crippen LogP contribution in [0.25, 0.3) is 16.6 Å². The van der Waals surface area contributed by atoms with Gasteiger partial charge < -0.3 is 5.32 Å². The number of nitrogens with zero attached hydrogens (tertiary/aromatic N) is 5. The number of aromatic nitrogens is 4. The summed E-state index contributed by atoms with van der Waals surface area (Å²) in [6.07, 6.45) is 11.3. The van der Waals surface area contributed by atoms with Crippen molar-refractivity contribution in [2.75, 3.05) is 5.32 Å². The summed E-state index contributed by atoms with van der Waals surface area (Å²) in [6.45, 7) is 0. The maximum atomic E-state index is 9.21. The van der Waals surface area contributed by atoms with E-state index in [1.807, 2.05) is 40.0 Å². The third kappa shape index (κ3) is 3.26. The highest BCUT2D eigenvalue weighted by Crippen LogP contribution is 2.37. The minimum absolute atomic E-state index is 0.167. The summed E-state index contributed by atoms with van der Waals surface area (Å²) in [5.41, 5.74) is 6.07. The average Bonchev–Trinajstić information content (AvgIpc) is 3.39. The topological polar surface area (TPSA) is 71.5 Å². The van der Waals surface area contributed by atoms with Crippen molar-refractivity contribution in [3.05, 3.63) is 70.6 Å². The molecule has 0 aliphatic heterocycles. The monoisotopic (exact) mass is 428 g/mol. The van der Waals surface area contributed by atoms with Crippen molar-refractivity contribution < 1.29 is 0 Å². The van der Waals surface area contributed by atoms with Gasteiger partial charge in [0.2, 0.25) is 0 Å². The Balaban J connectivity index is 1.36. The molecule has 2 heterocycles. The fraction of sp³-hybridized carbons (Fsp3) is 0.292. The van der Waals surface area contributed by atoms with Crippen LogP contribution in [0.5, 0.6) is 0 Å². The van der Waals surface area contributed by atoms with E-state index in [9.17, 15) is 5.26 Å². The molecule has 7 heteroatoms. The zero-order valence-corrected chi connectivity index (χ0v) is 17.7. The molecular formula is C24H21ClN6. The number of aryl methyl sites for hydroxylation is 1. The Morgan fingerprint density at radius 1 is 1.10 bits per heavy atom. The minimum atomic E-state index is 0.167. The van der Waals surface area contributed by atoms with Gasteiger partial charge in [0.15, 0.2) is 0 Å². The van der Waals surface area contributed by atoms with Crippen molar-refractivity contribution in [1.82, 2.24) is 19.6 Å². The van der Waals surface area contributed by atoms with E-state index in [1.165, 1.54) is 24.0 Å². The second-order valence-electron chi connectivity index (χ2n) is 8.47. The van der Waals surface area contributed by atoms with Gasteiger partial charge in [-0.15, -0.1) is 0 Å². The number of nitrogens with one attached hydrogen (secondary N) is 1.